The highest BCUT2D eigenvalue weighted by molar-refractivity contribution is 7.89. The fourth-order valence-corrected chi connectivity index (χ4v) is 4.95. The fraction of sp³-hybridized carbons (Fsp3) is 0.786. The molecule has 0 amide bonds. The lowest BCUT2D eigenvalue weighted by atomic mass is 10.00. The second-order valence-electron chi connectivity index (χ2n) is 5.79. The molecule has 6 nitrogen and oxygen atoms in total. The van der Waals surface area contributed by atoms with E-state index in [1.165, 1.54) is 0 Å². The van der Waals surface area contributed by atoms with Gasteiger partial charge in [0.05, 0.1) is 11.4 Å². The quantitative estimate of drug-likeness (QED) is 0.882. The van der Waals surface area contributed by atoms with Crippen LogP contribution in [0.3, 0.4) is 0 Å². The van der Waals surface area contributed by atoms with Gasteiger partial charge in [0.15, 0.2) is 0 Å². The van der Waals surface area contributed by atoms with Crippen molar-refractivity contribution < 1.29 is 8.42 Å². The Kier molecular flexibility index (Phi) is 5.06. The highest BCUT2D eigenvalue weighted by Crippen LogP contribution is 2.24. The van der Waals surface area contributed by atoms with Gasteiger partial charge in [0.1, 0.15) is 4.90 Å². The zero-order valence-corrected chi connectivity index (χ0v) is 14.2. The van der Waals surface area contributed by atoms with E-state index in [0.29, 0.717) is 35.3 Å². The summed E-state index contributed by atoms with van der Waals surface area (Å²) in [5.41, 5.74) is 1.28. The van der Waals surface area contributed by atoms with Gasteiger partial charge in [-0.3, -0.25) is 4.68 Å². The number of nitrogens with one attached hydrogen (secondary N) is 1. The summed E-state index contributed by atoms with van der Waals surface area (Å²) in [6.45, 7) is 8.48. The monoisotopic (exact) mass is 314 g/mol. The van der Waals surface area contributed by atoms with Crippen LogP contribution in [0, 0.1) is 19.8 Å². The third kappa shape index (κ3) is 3.30. The van der Waals surface area contributed by atoms with Crippen molar-refractivity contribution in [2.45, 2.75) is 38.5 Å². The number of hydrogen-bond donors (Lipinski definition) is 1. The minimum Gasteiger partial charge on any atom is -0.316 e. The van der Waals surface area contributed by atoms with Crippen LogP contribution in [0.5, 0.6) is 0 Å². The lowest BCUT2D eigenvalue weighted by Gasteiger charge is -2.29. The van der Waals surface area contributed by atoms with E-state index in [-0.39, 0.29) is 0 Å². The van der Waals surface area contributed by atoms with Gasteiger partial charge in [-0.1, -0.05) is 6.92 Å². The summed E-state index contributed by atoms with van der Waals surface area (Å²) < 4.78 is 29.1. The molecule has 1 atom stereocenters. The minimum absolute atomic E-state index is 0.371. The van der Waals surface area contributed by atoms with Crippen LogP contribution in [0.15, 0.2) is 4.90 Å². The standard InChI is InChI=1S/C14H26N4O2S/c1-5-18(10-13-7-6-8-15-9-13)21(19,20)14-11(2)16-17(4)12(14)3/h13,15H,5-10H2,1-4H3. The lowest BCUT2D eigenvalue weighted by molar-refractivity contribution is 0.297. The summed E-state index contributed by atoms with van der Waals surface area (Å²) in [7, 11) is -1.69. The summed E-state index contributed by atoms with van der Waals surface area (Å²) in [6.07, 6.45) is 2.21. The Labute approximate surface area is 127 Å². The van der Waals surface area contributed by atoms with Gasteiger partial charge in [-0.05, 0) is 45.7 Å². The lowest BCUT2D eigenvalue weighted by Crippen LogP contribution is -2.41. The first-order chi connectivity index (χ1) is 9.87. The molecule has 1 aromatic rings. The Bertz CT molecular complexity index is 588. The Morgan fingerprint density at radius 1 is 1.43 bits per heavy atom. The van der Waals surface area contributed by atoms with Crippen LogP contribution in [0.25, 0.3) is 0 Å². The molecule has 0 spiro atoms. The van der Waals surface area contributed by atoms with Crippen LogP contribution in [0.4, 0.5) is 0 Å². The van der Waals surface area contributed by atoms with Crippen molar-refractivity contribution >= 4 is 10.0 Å². The molecule has 1 saturated heterocycles. The van der Waals surface area contributed by atoms with Crippen LogP contribution in [0.2, 0.25) is 0 Å². The van der Waals surface area contributed by atoms with Crippen LogP contribution in [-0.4, -0.2) is 48.7 Å². The molecule has 0 bridgehead atoms. The van der Waals surface area contributed by atoms with E-state index < -0.39 is 10.0 Å². The largest absolute Gasteiger partial charge is 0.316 e. The highest BCUT2D eigenvalue weighted by Gasteiger charge is 2.31. The first-order valence-corrected chi connectivity index (χ1v) is 9.03. The first kappa shape index (κ1) is 16.5. The van der Waals surface area contributed by atoms with Gasteiger partial charge in [-0.25, -0.2) is 8.42 Å². The maximum absolute atomic E-state index is 12.9. The molecule has 1 aliphatic rings. The third-order valence-electron chi connectivity index (χ3n) is 4.25. The van der Waals surface area contributed by atoms with Gasteiger partial charge in [0, 0.05) is 20.1 Å². The number of hydrogen-bond acceptors (Lipinski definition) is 4. The number of nitrogens with zero attached hydrogens (tertiary/aromatic N) is 3. The zero-order valence-electron chi connectivity index (χ0n) is 13.4. The number of sulfonamides is 1. The van der Waals surface area contributed by atoms with Gasteiger partial charge >= 0.3 is 0 Å². The van der Waals surface area contributed by atoms with Crippen LogP contribution < -0.4 is 5.32 Å². The molecule has 0 saturated carbocycles. The molecule has 2 heterocycles. The molecule has 1 aliphatic heterocycles. The van der Waals surface area contributed by atoms with Gasteiger partial charge < -0.3 is 5.32 Å². The van der Waals surface area contributed by atoms with Gasteiger partial charge in [0.2, 0.25) is 10.0 Å². The first-order valence-electron chi connectivity index (χ1n) is 7.59. The van der Waals surface area contributed by atoms with Gasteiger partial charge in [-0.2, -0.15) is 9.40 Å². The second-order valence-corrected chi connectivity index (χ2v) is 7.67. The SMILES string of the molecule is CCN(CC1CCCNC1)S(=O)(=O)c1c(C)nn(C)c1C. The molecule has 1 fully saturated rings. The van der Waals surface area contributed by atoms with Crippen molar-refractivity contribution in [3.05, 3.63) is 11.4 Å². The number of aryl methyl sites for hydroxylation is 2. The summed E-state index contributed by atoms with van der Waals surface area (Å²) in [5, 5.41) is 7.58. The van der Waals surface area contributed by atoms with Crippen molar-refractivity contribution in [3.8, 4) is 0 Å². The fourth-order valence-electron chi connectivity index (χ4n) is 3.02. The number of aromatic nitrogens is 2. The minimum atomic E-state index is -3.47. The normalized spacial score (nSPS) is 20.1. The molecule has 1 unspecified atom stereocenters. The number of rotatable bonds is 5. The molecule has 7 heteroatoms. The molecule has 21 heavy (non-hydrogen) atoms. The average molecular weight is 314 g/mol. The Balaban J connectivity index is 2.26. The van der Waals surface area contributed by atoms with E-state index in [2.05, 4.69) is 10.4 Å². The maximum atomic E-state index is 12.9. The summed E-state index contributed by atoms with van der Waals surface area (Å²) in [6, 6.07) is 0. The molecule has 0 aliphatic carbocycles. The van der Waals surface area contributed by atoms with Gasteiger partial charge in [-0.15, -0.1) is 0 Å². The topological polar surface area (TPSA) is 67.2 Å². The molecule has 2 rings (SSSR count). The van der Waals surface area contributed by atoms with Crippen molar-refractivity contribution in [2.75, 3.05) is 26.2 Å². The van der Waals surface area contributed by atoms with E-state index in [0.717, 1.165) is 25.9 Å². The Hall–Kier alpha value is -0.920. The molecular weight excluding hydrogens is 288 g/mol. The number of piperidine rings is 1. The smallest absolute Gasteiger partial charge is 0.246 e. The van der Waals surface area contributed by atoms with E-state index in [9.17, 15) is 8.42 Å². The van der Waals surface area contributed by atoms with Crippen molar-refractivity contribution in [3.63, 3.8) is 0 Å². The van der Waals surface area contributed by atoms with E-state index in [1.807, 2.05) is 13.8 Å². The summed E-state index contributed by atoms with van der Waals surface area (Å²) in [5.74, 6) is 0.394. The highest BCUT2D eigenvalue weighted by atomic mass is 32.2. The van der Waals surface area contributed by atoms with Crippen LogP contribution in [-0.2, 0) is 17.1 Å². The maximum Gasteiger partial charge on any atom is 0.246 e. The van der Waals surface area contributed by atoms with Crippen LogP contribution >= 0.6 is 0 Å². The predicted octanol–water partition coefficient (Wildman–Crippen LogP) is 1.05. The van der Waals surface area contributed by atoms with E-state index >= 15 is 0 Å². The molecule has 0 radical (unpaired) electrons. The second kappa shape index (κ2) is 6.46. The van der Waals surface area contributed by atoms with E-state index in [4.69, 9.17) is 0 Å². The van der Waals surface area contributed by atoms with Gasteiger partial charge in [0.25, 0.3) is 0 Å². The van der Waals surface area contributed by atoms with Crippen LogP contribution in [0.1, 0.15) is 31.2 Å². The summed E-state index contributed by atoms with van der Waals surface area (Å²) in [4.78, 5) is 0.371. The van der Waals surface area contributed by atoms with E-state index in [1.54, 1.807) is 23.0 Å². The van der Waals surface area contributed by atoms with Crippen molar-refractivity contribution in [1.82, 2.24) is 19.4 Å². The summed E-state index contributed by atoms with van der Waals surface area (Å²) >= 11 is 0. The Morgan fingerprint density at radius 2 is 2.14 bits per heavy atom. The van der Waals surface area contributed by atoms with Crippen molar-refractivity contribution in [2.24, 2.45) is 13.0 Å². The average Bonchev–Trinajstić information content (AvgIpc) is 2.70. The molecule has 1 aromatic heterocycles. The Morgan fingerprint density at radius 3 is 2.62 bits per heavy atom. The molecule has 120 valence electrons. The molecular formula is C14H26N4O2S. The molecule has 0 aromatic carbocycles. The van der Waals surface area contributed by atoms with Crippen molar-refractivity contribution in [1.29, 1.82) is 0 Å². The third-order valence-corrected chi connectivity index (χ3v) is 6.45. The predicted molar refractivity (Wildman–Crippen MR) is 82.7 cm³/mol. The molecule has 1 N–H and O–H groups in total. The zero-order chi connectivity index (χ0) is 15.6.